The molecule has 2 aromatic rings. The van der Waals surface area contributed by atoms with Gasteiger partial charge in [-0.25, -0.2) is 4.98 Å². The van der Waals surface area contributed by atoms with Crippen molar-refractivity contribution in [2.75, 3.05) is 44.7 Å². The van der Waals surface area contributed by atoms with E-state index in [0.717, 1.165) is 54.8 Å². The third kappa shape index (κ3) is 3.92. The fraction of sp³-hybridized carbons (Fsp3) is 0.524. The number of aliphatic hydroxyl groups excluding tert-OH is 1. The molecule has 144 valence electrons. The summed E-state index contributed by atoms with van der Waals surface area (Å²) in [6.45, 7) is 6.41. The van der Waals surface area contributed by atoms with Gasteiger partial charge in [-0.3, -0.25) is 9.69 Å². The number of likely N-dealkylation sites (N-methyl/N-ethyl adjacent to an activating group) is 1. The predicted molar refractivity (Wildman–Crippen MR) is 107 cm³/mol. The maximum atomic E-state index is 12.1. The van der Waals surface area contributed by atoms with Crippen molar-refractivity contribution in [3.8, 4) is 0 Å². The number of benzene rings is 1. The molecule has 1 aromatic carbocycles. The summed E-state index contributed by atoms with van der Waals surface area (Å²) < 4.78 is 0. The Kier molecular flexibility index (Phi) is 5.02. The highest BCUT2D eigenvalue weighted by atomic mass is 16.3. The number of β-amino-alcohol motifs (C(OH)–C–C–N with tert-alkyl or cyclic N) is 1. The number of aromatic nitrogens is 1. The van der Waals surface area contributed by atoms with Crippen molar-refractivity contribution in [1.82, 2.24) is 14.8 Å². The zero-order chi connectivity index (χ0) is 19.0. The van der Waals surface area contributed by atoms with Crippen molar-refractivity contribution in [3.63, 3.8) is 0 Å². The molecule has 1 N–H and O–H groups in total. The van der Waals surface area contributed by atoms with Gasteiger partial charge in [-0.15, -0.1) is 0 Å². The van der Waals surface area contributed by atoms with E-state index in [2.05, 4.69) is 41.0 Å². The summed E-state index contributed by atoms with van der Waals surface area (Å²) in [5.41, 5.74) is 3.33. The van der Waals surface area contributed by atoms with Crippen LogP contribution in [0.25, 0.3) is 10.9 Å². The molecule has 6 heteroatoms. The summed E-state index contributed by atoms with van der Waals surface area (Å²) in [6.07, 6.45) is 1.53. The van der Waals surface area contributed by atoms with E-state index < -0.39 is 0 Å². The van der Waals surface area contributed by atoms with Gasteiger partial charge in [-0.2, -0.15) is 0 Å². The fourth-order valence-electron chi connectivity index (χ4n) is 4.05. The van der Waals surface area contributed by atoms with Crippen molar-refractivity contribution < 1.29 is 9.90 Å². The lowest BCUT2D eigenvalue weighted by atomic mass is 10.0. The number of amides is 1. The molecule has 0 bridgehead atoms. The molecular weight excluding hydrogens is 340 g/mol. The number of fused-ring (bicyclic) bond motifs is 1. The van der Waals surface area contributed by atoms with Gasteiger partial charge in [0, 0.05) is 50.7 Å². The molecular formula is C21H28N4O2. The minimum Gasteiger partial charge on any atom is -0.391 e. The predicted octanol–water partition coefficient (Wildman–Crippen LogP) is 1.78. The number of pyridine rings is 1. The summed E-state index contributed by atoms with van der Waals surface area (Å²) in [7, 11) is 1.86. The molecule has 0 spiro atoms. The van der Waals surface area contributed by atoms with Crippen molar-refractivity contribution in [2.24, 2.45) is 0 Å². The topological polar surface area (TPSA) is 59.9 Å². The Balaban J connectivity index is 1.69. The Labute approximate surface area is 160 Å². The maximum Gasteiger partial charge on any atom is 0.236 e. The van der Waals surface area contributed by atoms with Crippen LogP contribution in [0.5, 0.6) is 0 Å². The van der Waals surface area contributed by atoms with E-state index in [1.54, 1.807) is 4.90 Å². The first-order valence-corrected chi connectivity index (χ1v) is 9.79. The molecule has 0 saturated carbocycles. The van der Waals surface area contributed by atoms with Gasteiger partial charge in [0.05, 0.1) is 18.2 Å². The number of anilines is 1. The highest BCUT2D eigenvalue weighted by Gasteiger charge is 2.25. The number of aliphatic hydroxyl groups is 1. The van der Waals surface area contributed by atoms with Gasteiger partial charge in [0.15, 0.2) is 0 Å². The van der Waals surface area contributed by atoms with E-state index >= 15 is 0 Å². The molecule has 0 aliphatic carbocycles. The van der Waals surface area contributed by atoms with Crippen molar-refractivity contribution in [3.05, 3.63) is 35.4 Å². The molecule has 2 aliphatic heterocycles. The first-order valence-electron chi connectivity index (χ1n) is 9.79. The molecule has 2 aliphatic rings. The number of hydrogen-bond donors (Lipinski definition) is 1. The van der Waals surface area contributed by atoms with Crippen LogP contribution in [0.1, 0.15) is 24.0 Å². The molecule has 2 saturated heterocycles. The number of piperazine rings is 1. The van der Waals surface area contributed by atoms with Crippen molar-refractivity contribution in [2.45, 2.75) is 32.4 Å². The summed E-state index contributed by atoms with van der Waals surface area (Å²) in [6, 6.07) is 8.53. The van der Waals surface area contributed by atoms with Gasteiger partial charge < -0.3 is 14.9 Å². The molecule has 4 rings (SSSR count). The van der Waals surface area contributed by atoms with E-state index in [9.17, 15) is 9.90 Å². The van der Waals surface area contributed by atoms with Crippen LogP contribution < -0.4 is 4.90 Å². The molecule has 3 heterocycles. The van der Waals surface area contributed by atoms with Crippen LogP contribution in [-0.2, 0) is 11.3 Å². The summed E-state index contributed by atoms with van der Waals surface area (Å²) >= 11 is 0. The standard InChI is InChI=1S/C21H28N4O2/c1-15-5-6-19-16(10-15)11-17(12-24-9-8-23(2)20(27)14-24)21(22-19)25-7-3-4-18(26)13-25/h5-6,10-11,18,26H,3-4,7-9,12-14H2,1-2H3. The molecule has 1 unspecified atom stereocenters. The second-order valence-corrected chi connectivity index (χ2v) is 7.94. The maximum absolute atomic E-state index is 12.1. The van der Waals surface area contributed by atoms with Crippen LogP contribution in [0.3, 0.4) is 0 Å². The monoisotopic (exact) mass is 368 g/mol. The quantitative estimate of drug-likeness (QED) is 0.895. The SMILES string of the molecule is Cc1ccc2nc(N3CCCC(O)C3)c(CN3CCN(C)C(=O)C3)cc2c1. The van der Waals surface area contributed by atoms with E-state index in [1.165, 1.54) is 5.56 Å². The summed E-state index contributed by atoms with van der Waals surface area (Å²) in [5.74, 6) is 1.12. The number of carbonyl (C=O) groups is 1. The number of nitrogens with zero attached hydrogens (tertiary/aromatic N) is 4. The molecule has 6 nitrogen and oxygen atoms in total. The molecule has 2 fully saturated rings. The number of hydrogen-bond acceptors (Lipinski definition) is 5. The van der Waals surface area contributed by atoms with Crippen LogP contribution in [0.2, 0.25) is 0 Å². The lowest BCUT2D eigenvalue weighted by Crippen LogP contribution is -2.48. The van der Waals surface area contributed by atoms with Crippen LogP contribution in [0.4, 0.5) is 5.82 Å². The Morgan fingerprint density at radius 1 is 1.22 bits per heavy atom. The second-order valence-electron chi connectivity index (χ2n) is 7.94. The van der Waals surface area contributed by atoms with Crippen molar-refractivity contribution >= 4 is 22.6 Å². The van der Waals surface area contributed by atoms with Crippen LogP contribution >= 0.6 is 0 Å². The fourth-order valence-corrected chi connectivity index (χ4v) is 4.05. The number of rotatable bonds is 3. The molecule has 0 radical (unpaired) electrons. The summed E-state index contributed by atoms with van der Waals surface area (Å²) in [4.78, 5) is 23.3. The third-order valence-corrected chi connectivity index (χ3v) is 5.65. The first kappa shape index (κ1) is 18.2. The lowest BCUT2D eigenvalue weighted by molar-refractivity contribution is -0.134. The van der Waals surface area contributed by atoms with Crippen LogP contribution in [-0.4, -0.2) is 71.7 Å². The highest BCUT2D eigenvalue weighted by Crippen LogP contribution is 2.28. The number of piperidine rings is 1. The van der Waals surface area contributed by atoms with Crippen LogP contribution in [0.15, 0.2) is 24.3 Å². The first-order chi connectivity index (χ1) is 13.0. The van der Waals surface area contributed by atoms with E-state index in [4.69, 9.17) is 4.98 Å². The average Bonchev–Trinajstić information content (AvgIpc) is 2.64. The zero-order valence-electron chi connectivity index (χ0n) is 16.2. The molecule has 1 atom stereocenters. The Hall–Kier alpha value is -2.18. The normalized spacial score (nSPS) is 21.9. The van der Waals surface area contributed by atoms with Gasteiger partial charge >= 0.3 is 0 Å². The third-order valence-electron chi connectivity index (χ3n) is 5.65. The Bertz CT molecular complexity index is 853. The lowest BCUT2D eigenvalue weighted by Gasteiger charge is -2.35. The molecule has 27 heavy (non-hydrogen) atoms. The van der Waals surface area contributed by atoms with Gasteiger partial charge in [-0.1, -0.05) is 11.6 Å². The Morgan fingerprint density at radius 2 is 2.07 bits per heavy atom. The molecule has 1 aromatic heterocycles. The summed E-state index contributed by atoms with van der Waals surface area (Å²) in [5, 5.41) is 11.3. The van der Waals surface area contributed by atoms with Gasteiger partial charge in [0.1, 0.15) is 5.82 Å². The second kappa shape index (κ2) is 7.44. The minimum atomic E-state index is -0.299. The molecule has 1 amide bonds. The van der Waals surface area contributed by atoms with Gasteiger partial charge in [0.25, 0.3) is 0 Å². The van der Waals surface area contributed by atoms with Gasteiger partial charge in [0.2, 0.25) is 5.91 Å². The van der Waals surface area contributed by atoms with Crippen LogP contribution in [0, 0.1) is 6.92 Å². The van der Waals surface area contributed by atoms with Gasteiger partial charge in [-0.05, 0) is 38.0 Å². The minimum absolute atomic E-state index is 0.167. The average molecular weight is 368 g/mol. The zero-order valence-corrected chi connectivity index (χ0v) is 16.2. The smallest absolute Gasteiger partial charge is 0.236 e. The van der Waals surface area contributed by atoms with E-state index in [1.807, 2.05) is 7.05 Å². The van der Waals surface area contributed by atoms with Crippen molar-refractivity contribution in [1.29, 1.82) is 0 Å². The number of carbonyl (C=O) groups excluding carboxylic acids is 1. The van der Waals surface area contributed by atoms with E-state index in [-0.39, 0.29) is 12.0 Å². The van der Waals surface area contributed by atoms with E-state index in [0.29, 0.717) is 19.6 Å². The largest absolute Gasteiger partial charge is 0.391 e. The number of aryl methyl sites for hydroxylation is 1. The highest BCUT2D eigenvalue weighted by molar-refractivity contribution is 5.83. The Morgan fingerprint density at radius 3 is 2.85 bits per heavy atom.